The largest absolute Gasteiger partial charge is 0.334 e. The second-order valence-corrected chi connectivity index (χ2v) is 5.49. The summed E-state index contributed by atoms with van der Waals surface area (Å²) in [6.45, 7) is 2.08. The van der Waals surface area contributed by atoms with Gasteiger partial charge in [0.05, 0.1) is 5.38 Å². The van der Waals surface area contributed by atoms with E-state index in [-0.39, 0.29) is 5.38 Å². The van der Waals surface area contributed by atoms with Crippen LogP contribution >= 0.6 is 34.2 Å². The molecule has 0 bridgehead atoms. The van der Waals surface area contributed by atoms with Crippen molar-refractivity contribution in [2.24, 2.45) is 0 Å². The zero-order valence-corrected chi connectivity index (χ0v) is 12.3. The second kappa shape index (κ2) is 5.82. The van der Waals surface area contributed by atoms with Crippen molar-refractivity contribution >= 4 is 34.2 Å². The predicted molar refractivity (Wildman–Crippen MR) is 76.0 cm³/mol. The predicted octanol–water partition coefficient (Wildman–Crippen LogP) is 4.42. The molecule has 5 heteroatoms. The zero-order valence-electron chi connectivity index (χ0n) is 9.36. The van der Waals surface area contributed by atoms with Gasteiger partial charge in [-0.1, -0.05) is 18.5 Å². The molecular weight excluding hydrogens is 351 g/mol. The van der Waals surface area contributed by atoms with Crippen molar-refractivity contribution < 1.29 is 4.52 Å². The van der Waals surface area contributed by atoms with E-state index in [1.807, 2.05) is 24.3 Å². The van der Waals surface area contributed by atoms with Gasteiger partial charge in [0.2, 0.25) is 0 Å². The summed E-state index contributed by atoms with van der Waals surface area (Å²) >= 11 is 8.40. The molecule has 0 fully saturated rings. The van der Waals surface area contributed by atoms with E-state index in [0.29, 0.717) is 11.7 Å². The van der Waals surface area contributed by atoms with Crippen LogP contribution in [0.25, 0.3) is 11.5 Å². The minimum Gasteiger partial charge on any atom is -0.334 e. The molecule has 0 amide bonds. The lowest BCUT2D eigenvalue weighted by Gasteiger charge is -1.99. The molecule has 0 aliphatic carbocycles. The first kappa shape index (κ1) is 12.8. The molecule has 1 unspecified atom stereocenters. The minimum absolute atomic E-state index is 0.165. The Labute approximate surface area is 119 Å². The lowest BCUT2D eigenvalue weighted by atomic mass is 10.2. The van der Waals surface area contributed by atoms with E-state index in [9.17, 15) is 0 Å². The minimum atomic E-state index is -0.165. The molecule has 1 heterocycles. The highest BCUT2D eigenvalue weighted by Gasteiger charge is 2.15. The highest BCUT2D eigenvalue weighted by atomic mass is 127. The number of nitrogens with zero attached hydrogens (tertiary/aromatic N) is 2. The Morgan fingerprint density at radius 3 is 2.71 bits per heavy atom. The number of halogens is 2. The average Bonchev–Trinajstić information content (AvgIpc) is 2.80. The summed E-state index contributed by atoms with van der Waals surface area (Å²) in [4.78, 5) is 4.32. The van der Waals surface area contributed by atoms with Gasteiger partial charge in [0.25, 0.3) is 5.89 Å². The van der Waals surface area contributed by atoms with Gasteiger partial charge in [0.1, 0.15) is 0 Å². The van der Waals surface area contributed by atoms with E-state index in [1.54, 1.807) is 0 Å². The average molecular weight is 363 g/mol. The molecule has 0 spiro atoms. The first-order valence-corrected chi connectivity index (χ1v) is 6.96. The normalized spacial score (nSPS) is 12.6. The highest BCUT2D eigenvalue weighted by Crippen LogP contribution is 2.26. The fourth-order valence-corrected chi connectivity index (χ4v) is 2.12. The lowest BCUT2D eigenvalue weighted by molar-refractivity contribution is 0.420. The number of hydrogen-bond acceptors (Lipinski definition) is 3. The third-order valence-corrected chi connectivity index (χ3v) is 3.49. The fraction of sp³-hybridized carbons (Fsp3) is 0.333. The van der Waals surface area contributed by atoms with E-state index < -0.39 is 0 Å². The van der Waals surface area contributed by atoms with E-state index in [2.05, 4.69) is 39.7 Å². The van der Waals surface area contributed by atoms with Crippen molar-refractivity contribution in [2.75, 3.05) is 0 Å². The van der Waals surface area contributed by atoms with Crippen molar-refractivity contribution in [3.8, 4) is 11.5 Å². The molecule has 0 N–H and O–H groups in total. The Kier molecular flexibility index (Phi) is 4.39. The zero-order chi connectivity index (χ0) is 12.3. The summed E-state index contributed by atoms with van der Waals surface area (Å²) in [7, 11) is 0. The van der Waals surface area contributed by atoms with Gasteiger partial charge in [0.15, 0.2) is 5.82 Å². The summed E-state index contributed by atoms with van der Waals surface area (Å²) in [6, 6.07) is 7.93. The van der Waals surface area contributed by atoms with Crippen molar-refractivity contribution in [3.05, 3.63) is 33.7 Å². The molecule has 0 saturated heterocycles. The molecule has 0 saturated carbocycles. The van der Waals surface area contributed by atoms with Crippen LogP contribution in [0.15, 0.2) is 28.8 Å². The van der Waals surface area contributed by atoms with E-state index >= 15 is 0 Å². The molecule has 1 atom stereocenters. The van der Waals surface area contributed by atoms with Crippen molar-refractivity contribution in [2.45, 2.75) is 25.1 Å². The molecular formula is C12H12ClIN2O. The summed E-state index contributed by atoms with van der Waals surface area (Å²) in [5, 5.41) is 3.75. The van der Waals surface area contributed by atoms with Crippen LogP contribution < -0.4 is 0 Å². The van der Waals surface area contributed by atoms with Gasteiger partial charge in [-0.3, -0.25) is 0 Å². The van der Waals surface area contributed by atoms with Gasteiger partial charge in [-0.15, -0.1) is 11.6 Å². The maximum atomic E-state index is 6.15. The van der Waals surface area contributed by atoms with Crippen LogP contribution in [-0.4, -0.2) is 10.1 Å². The SMILES string of the molecule is CCCC(Cl)c1noc(-c2ccc(I)cc2)n1. The van der Waals surface area contributed by atoms with Gasteiger partial charge in [-0.25, -0.2) is 0 Å². The van der Waals surface area contributed by atoms with E-state index in [1.165, 1.54) is 3.57 Å². The van der Waals surface area contributed by atoms with Crippen LogP contribution in [0.1, 0.15) is 31.0 Å². The van der Waals surface area contributed by atoms with Gasteiger partial charge in [-0.05, 0) is 53.3 Å². The Hall–Kier alpha value is -0.620. The van der Waals surface area contributed by atoms with Gasteiger partial charge < -0.3 is 4.52 Å². The van der Waals surface area contributed by atoms with Crippen LogP contribution in [-0.2, 0) is 0 Å². The summed E-state index contributed by atoms with van der Waals surface area (Å²) < 4.78 is 6.38. The third-order valence-electron chi connectivity index (χ3n) is 2.36. The summed E-state index contributed by atoms with van der Waals surface area (Å²) in [5.41, 5.74) is 0.921. The smallest absolute Gasteiger partial charge is 0.257 e. The summed E-state index contributed by atoms with van der Waals surface area (Å²) in [6.07, 6.45) is 1.86. The Morgan fingerprint density at radius 2 is 2.06 bits per heavy atom. The Bertz CT molecular complexity index is 484. The molecule has 3 nitrogen and oxygen atoms in total. The lowest BCUT2D eigenvalue weighted by Crippen LogP contribution is -1.92. The molecule has 90 valence electrons. The number of hydrogen-bond donors (Lipinski definition) is 0. The van der Waals surface area contributed by atoms with Gasteiger partial charge in [-0.2, -0.15) is 4.98 Å². The van der Waals surface area contributed by atoms with Crippen molar-refractivity contribution in [1.82, 2.24) is 10.1 Å². The molecule has 0 aliphatic heterocycles. The molecule has 0 aliphatic rings. The highest BCUT2D eigenvalue weighted by molar-refractivity contribution is 14.1. The third kappa shape index (κ3) is 3.19. The molecule has 2 rings (SSSR count). The second-order valence-electron chi connectivity index (χ2n) is 3.72. The molecule has 17 heavy (non-hydrogen) atoms. The quantitative estimate of drug-likeness (QED) is 0.597. The monoisotopic (exact) mass is 362 g/mol. The Balaban J connectivity index is 2.20. The number of rotatable bonds is 4. The number of aromatic nitrogens is 2. The topological polar surface area (TPSA) is 38.9 Å². The van der Waals surface area contributed by atoms with Crippen LogP contribution in [0, 0.1) is 3.57 Å². The van der Waals surface area contributed by atoms with E-state index in [4.69, 9.17) is 16.1 Å². The molecule has 1 aromatic heterocycles. The van der Waals surface area contributed by atoms with E-state index in [0.717, 1.165) is 18.4 Å². The Morgan fingerprint density at radius 1 is 1.35 bits per heavy atom. The molecule has 0 radical (unpaired) electrons. The summed E-state index contributed by atoms with van der Waals surface area (Å²) in [5.74, 6) is 1.10. The maximum Gasteiger partial charge on any atom is 0.257 e. The van der Waals surface area contributed by atoms with Crippen LogP contribution in [0.2, 0.25) is 0 Å². The van der Waals surface area contributed by atoms with Crippen molar-refractivity contribution in [3.63, 3.8) is 0 Å². The molecule has 2 aromatic rings. The number of benzene rings is 1. The molecule has 1 aromatic carbocycles. The fourth-order valence-electron chi connectivity index (χ4n) is 1.45. The number of alkyl halides is 1. The first-order valence-electron chi connectivity index (χ1n) is 5.44. The van der Waals surface area contributed by atoms with Crippen molar-refractivity contribution in [1.29, 1.82) is 0 Å². The van der Waals surface area contributed by atoms with Crippen LogP contribution in [0.4, 0.5) is 0 Å². The van der Waals surface area contributed by atoms with Crippen LogP contribution in [0.3, 0.4) is 0 Å². The maximum absolute atomic E-state index is 6.15. The van der Waals surface area contributed by atoms with Crippen LogP contribution in [0.5, 0.6) is 0 Å². The van der Waals surface area contributed by atoms with Gasteiger partial charge in [0, 0.05) is 9.13 Å². The standard InChI is InChI=1S/C12H12ClIN2O/c1-2-3-10(13)11-15-12(17-16-11)8-4-6-9(14)7-5-8/h4-7,10H,2-3H2,1H3. The first-order chi connectivity index (χ1) is 8.20. The van der Waals surface area contributed by atoms with Gasteiger partial charge >= 0.3 is 0 Å².